The van der Waals surface area contributed by atoms with E-state index < -0.39 is 0 Å². The molecule has 0 radical (unpaired) electrons. The molecule has 0 heterocycles. The van der Waals surface area contributed by atoms with E-state index in [0.29, 0.717) is 0 Å². The third-order valence-electron chi connectivity index (χ3n) is 3.59. The topological polar surface area (TPSA) is 12.0 Å². The van der Waals surface area contributed by atoms with Gasteiger partial charge in [0.25, 0.3) is 0 Å². The third-order valence-corrected chi connectivity index (χ3v) is 3.84. The molecule has 0 bridgehead atoms. The van der Waals surface area contributed by atoms with E-state index >= 15 is 0 Å². The third kappa shape index (κ3) is 4.48. The van der Waals surface area contributed by atoms with Crippen molar-refractivity contribution in [3.8, 4) is 0 Å². The average molecular weight is 320 g/mol. The van der Waals surface area contributed by atoms with Gasteiger partial charge in [-0.05, 0) is 54.4 Å². The summed E-state index contributed by atoms with van der Waals surface area (Å²) < 4.78 is 0. The first-order valence-electron chi connectivity index (χ1n) is 7.56. The summed E-state index contributed by atoms with van der Waals surface area (Å²) in [6.45, 7) is 2.09. The first-order valence-corrected chi connectivity index (χ1v) is 7.94. The highest BCUT2D eigenvalue weighted by molar-refractivity contribution is 6.30. The monoisotopic (exact) mass is 319 g/mol. The molecule has 1 N–H and O–H groups in total. The van der Waals surface area contributed by atoms with Crippen LogP contribution < -0.4 is 5.32 Å². The van der Waals surface area contributed by atoms with Crippen LogP contribution in [0.5, 0.6) is 0 Å². The fourth-order valence-electron chi connectivity index (χ4n) is 2.25. The first kappa shape index (κ1) is 15.4. The van der Waals surface area contributed by atoms with E-state index in [9.17, 15) is 0 Å². The van der Waals surface area contributed by atoms with Gasteiger partial charge >= 0.3 is 0 Å². The summed E-state index contributed by atoms with van der Waals surface area (Å²) in [4.78, 5) is 0. The Balaban J connectivity index is 1.67. The molecule has 0 atom stereocenters. The average Bonchev–Trinajstić information content (AvgIpc) is 2.58. The number of aryl methyl sites for hydroxylation is 1. The molecule has 0 aliphatic rings. The fraction of sp³-hybridized carbons (Fsp3) is 0.0476. The van der Waals surface area contributed by atoms with Crippen molar-refractivity contribution in [3.63, 3.8) is 0 Å². The van der Waals surface area contributed by atoms with Gasteiger partial charge in [0.2, 0.25) is 0 Å². The standard InChI is InChI=1S/C21H18ClN/c1-16-2-12-20(13-3-16)23-21-14-8-18(9-15-21)5-4-17-6-10-19(22)11-7-17/h2-15,23H,1H3. The van der Waals surface area contributed by atoms with E-state index in [-0.39, 0.29) is 0 Å². The van der Waals surface area contributed by atoms with Crippen LogP contribution in [0, 0.1) is 6.92 Å². The Kier molecular flexibility index (Phi) is 4.80. The highest BCUT2D eigenvalue weighted by Crippen LogP contribution is 2.19. The van der Waals surface area contributed by atoms with Gasteiger partial charge in [-0.15, -0.1) is 0 Å². The lowest BCUT2D eigenvalue weighted by Crippen LogP contribution is -1.89. The maximum atomic E-state index is 5.89. The number of halogens is 1. The van der Waals surface area contributed by atoms with Crippen LogP contribution in [0.3, 0.4) is 0 Å². The molecule has 0 aromatic heterocycles. The Morgan fingerprint density at radius 2 is 1.09 bits per heavy atom. The summed E-state index contributed by atoms with van der Waals surface area (Å²) in [7, 11) is 0. The zero-order valence-corrected chi connectivity index (χ0v) is 13.7. The molecule has 114 valence electrons. The molecule has 0 saturated heterocycles. The predicted octanol–water partition coefficient (Wildman–Crippen LogP) is 6.56. The number of benzene rings is 3. The molecule has 3 aromatic rings. The van der Waals surface area contributed by atoms with Gasteiger partial charge in [-0.3, -0.25) is 0 Å². The van der Waals surface area contributed by atoms with E-state index in [1.807, 2.05) is 24.3 Å². The van der Waals surface area contributed by atoms with E-state index in [1.54, 1.807) is 0 Å². The Bertz CT molecular complexity index is 785. The molecule has 23 heavy (non-hydrogen) atoms. The van der Waals surface area contributed by atoms with Crippen molar-refractivity contribution in [1.29, 1.82) is 0 Å². The number of rotatable bonds is 4. The molecule has 1 nitrogen and oxygen atoms in total. The Labute approximate surface area is 142 Å². The summed E-state index contributed by atoms with van der Waals surface area (Å²) in [6, 6.07) is 24.6. The minimum absolute atomic E-state index is 0.758. The van der Waals surface area contributed by atoms with Crippen LogP contribution in [0.4, 0.5) is 11.4 Å². The molecule has 0 fully saturated rings. The van der Waals surface area contributed by atoms with Gasteiger partial charge in [0.05, 0.1) is 0 Å². The number of hydrogen-bond donors (Lipinski definition) is 1. The minimum Gasteiger partial charge on any atom is -0.356 e. The van der Waals surface area contributed by atoms with Crippen LogP contribution in [-0.4, -0.2) is 0 Å². The van der Waals surface area contributed by atoms with Crippen molar-refractivity contribution in [2.75, 3.05) is 5.32 Å². The SMILES string of the molecule is Cc1ccc(Nc2ccc(C=Cc3ccc(Cl)cc3)cc2)cc1. The molecule has 0 spiro atoms. The van der Waals surface area contributed by atoms with Gasteiger partial charge in [0.15, 0.2) is 0 Å². The predicted molar refractivity (Wildman–Crippen MR) is 101 cm³/mol. The van der Waals surface area contributed by atoms with Crippen LogP contribution in [0.1, 0.15) is 16.7 Å². The summed E-state index contributed by atoms with van der Waals surface area (Å²) in [5.41, 5.74) is 5.74. The second-order valence-electron chi connectivity index (χ2n) is 5.50. The Morgan fingerprint density at radius 1 is 0.652 bits per heavy atom. The van der Waals surface area contributed by atoms with Gasteiger partial charge in [-0.25, -0.2) is 0 Å². The lowest BCUT2D eigenvalue weighted by Gasteiger charge is -2.07. The maximum absolute atomic E-state index is 5.89. The zero-order valence-electron chi connectivity index (χ0n) is 13.0. The minimum atomic E-state index is 0.758. The molecule has 0 unspecified atom stereocenters. The molecule has 0 amide bonds. The first-order chi connectivity index (χ1) is 11.2. The Hall–Kier alpha value is -2.51. The number of hydrogen-bond acceptors (Lipinski definition) is 1. The van der Waals surface area contributed by atoms with Crippen molar-refractivity contribution in [2.24, 2.45) is 0 Å². The summed E-state index contributed by atoms with van der Waals surface area (Å²) in [6.07, 6.45) is 4.18. The second-order valence-corrected chi connectivity index (χ2v) is 5.93. The quantitative estimate of drug-likeness (QED) is 0.537. The van der Waals surface area contributed by atoms with Crippen molar-refractivity contribution in [2.45, 2.75) is 6.92 Å². The van der Waals surface area contributed by atoms with Gasteiger partial charge in [-0.1, -0.05) is 65.7 Å². The van der Waals surface area contributed by atoms with E-state index in [2.05, 4.69) is 72.9 Å². The van der Waals surface area contributed by atoms with E-state index in [0.717, 1.165) is 27.5 Å². The van der Waals surface area contributed by atoms with E-state index in [4.69, 9.17) is 11.6 Å². The lowest BCUT2D eigenvalue weighted by molar-refractivity contribution is 1.45. The van der Waals surface area contributed by atoms with E-state index in [1.165, 1.54) is 5.56 Å². The largest absolute Gasteiger partial charge is 0.356 e. The van der Waals surface area contributed by atoms with Crippen LogP contribution in [-0.2, 0) is 0 Å². The van der Waals surface area contributed by atoms with Crippen LogP contribution >= 0.6 is 11.6 Å². The number of anilines is 2. The normalized spacial score (nSPS) is 10.9. The highest BCUT2D eigenvalue weighted by Gasteiger charge is 1.95. The van der Waals surface area contributed by atoms with Crippen LogP contribution in [0.15, 0.2) is 72.8 Å². The maximum Gasteiger partial charge on any atom is 0.0406 e. The Morgan fingerprint density at radius 3 is 1.61 bits per heavy atom. The summed E-state index contributed by atoms with van der Waals surface area (Å²) >= 11 is 5.89. The van der Waals surface area contributed by atoms with Crippen LogP contribution in [0.25, 0.3) is 12.2 Å². The van der Waals surface area contributed by atoms with Crippen molar-refractivity contribution < 1.29 is 0 Å². The molecule has 0 aliphatic carbocycles. The molecule has 2 heteroatoms. The van der Waals surface area contributed by atoms with Gasteiger partial charge in [0, 0.05) is 16.4 Å². The lowest BCUT2D eigenvalue weighted by atomic mass is 10.1. The van der Waals surface area contributed by atoms with Crippen molar-refractivity contribution in [1.82, 2.24) is 0 Å². The highest BCUT2D eigenvalue weighted by atomic mass is 35.5. The molecular weight excluding hydrogens is 302 g/mol. The molecule has 3 aromatic carbocycles. The van der Waals surface area contributed by atoms with Gasteiger partial charge in [0.1, 0.15) is 0 Å². The summed E-state index contributed by atoms with van der Waals surface area (Å²) in [5.74, 6) is 0. The second kappa shape index (κ2) is 7.17. The van der Waals surface area contributed by atoms with Crippen molar-refractivity contribution >= 4 is 35.1 Å². The van der Waals surface area contributed by atoms with Gasteiger partial charge in [-0.2, -0.15) is 0 Å². The molecular formula is C21H18ClN. The molecule has 0 aliphatic heterocycles. The van der Waals surface area contributed by atoms with Gasteiger partial charge < -0.3 is 5.32 Å². The van der Waals surface area contributed by atoms with Crippen LogP contribution in [0.2, 0.25) is 5.02 Å². The number of nitrogens with one attached hydrogen (secondary N) is 1. The summed E-state index contributed by atoms with van der Waals surface area (Å²) in [5, 5.41) is 4.16. The smallest absolute Gasteiger partial charge is 0.0406 e. The fourth-order valence-corrected chi connectivity index (χ4v) is 2.37. The molecule has 3 rings (SSSR count). The van der Waals surface area contributed by atoms with Crippen molar-refractivity contribution in [3.05, 3.63) is 94.5 Å². The zero-order chi connectivity index (χ0) is 16.1. The molecule has 0 saturated carbocycles.